The van der Waals surface area contributed by atoms with Crippen molar-refractivity contribution in [3.05, 3.63) is 0 Å². The van der Waals surface area contributed by atoms with E-state index < -0.39 is 30.4 Å². The third-order valence-corrected chi connectivity index (χ3v) is 2.23. The molecule has 4 N–H and O–H groups in total. The lowest BCUT2D eigenvalue weighted by molar-refractivity contribution is -0.144. The largest absolute Gasteiger partial charge is 0.469 e. The molecule has 0 aliphatic heterocycles. The summed E-state index contributed by atoms with van der Waals surface area (Å²) in [6.07, 6.45) is -4.79. The first-order valence-corrected chi connectivity index (χ1v) is 4.92. The van der Waals surface area contributed by atoms with Gasteiger partial charge in [0.2, 0.25) is 0 Å². The molecule has 1 atom stereocenters. The van der Waals surface area contributed by atoms with Gasteiger partial charge in [-0.15, -0.1) is 0 Å². The predicted molar refractivity (Wildman–Crippen MR) is 54.8 cm³/mol. The zero-order chi connectivity index (χ0) is 13.5. The number of halogens is 2. The molecule has 0 aromatic heterocycles. The molecular formula is C9H16F2N2O4. The number of hydrogen-bond donors (Lipinski definition) is 3. The minimum absolute atomic E-state index is 0.00216. The van der Waals surface area contributed by atoms with Gasteiger partial charge in [-0.05, 0) is 12.8 Å². The van der Waals surface area contributed by atoms with E-state index in [9.17, 15) is 18.4 Å². The lowest BCUT2D eigenvalue weighted by Crippen LogP contribution is -2.49. The van der Waals surface area contributed by atoms with Gasteiger partial charge in [-0.3, -0.25) is 4.79 Å². The van der Waals surface area contributed by atoms with Crippen LogP contribution < -0.4 is 11.1 Å². The minimum Gasteiger partial charge on any atom is -0.469 e. The SMILES string of the molecule is COC(=O)CC(N)(CCCNC(=O)O)C(F)F. The monoisotopic (exact) mass is 254 g/mol. The highest BCUT2D eigenvalue weighted by molar-refractivity contribution is 5.70. The zero-order valence-corrected chi connectivity index (χ0v) is 9.41. The van der Waals surface area contributed by atoms with E-state index in [-0.39, 0.29) is 19.4 Å². The highest BCUT2D eigenvalue weighted by Crippen LogP contribution is 2.23. The fourth-order valence-corrected chi connectivity index (χ4v) is 1.23. The van der Waals surface area contributed by atoms with E-state index in [0.717, 1.165) is 7.11 Å². The Kier molecular flexibility index (Phi) is 6.40. The molecule has 0 saturated heterocycles. The number of amides is 1. The van der Waals surface area contributed by atoms with E-state index in [1.165, 1.54) is 0 Å². The van der Waals surface area contributed by atoms with Gasteiger partial charge in [0.1, 0.15) is 0 Å². The fourth-order valence-electron chi connectivity index (χ4n) is 1.23. The van der Waals surface area contributed by atoms with Gasteiger partial charge in [0.15, 0.2) is 0 Å². The molecule has 0 aliphatic rings. The van der Waals surface area contributed by atoms with E-state index in [2.05, 4.69) is 4.74 Å². The average molecular weight is 254 g/mol. The Morgan fingerprint density at radius 3 is 2.53 bits per heavy atom. The summed E-state index contributed by atoms with van der Waals surface area (Å²) >= 11 is 0. The molecule has 0 heterocycles. The maximum Gasteiger partial charge on any atom is 0.404 e. The van der Waals surface area contributed by atoms with Crippen LogP contribution in [0.2, 0.25) is 0 Å². The average Bonchev–Trinajstić information content (AvgIpc) is 2.23. The number of nitrogens with two attached hydrogens (primary N) is 1. The zero-order valence-electron chi connectivity index (χ0n) is 9.41. The van der Waals surface area contributed by atoms with Crippen molar-refractivity contribution >= 4 is 12.1 Å². The molecule has 0 aliphatic carbocycles. The van der Waals surface area contributed by atoms with Crippen molar-refractivity contribution in [2.75, 3.05) is 13.7 Å². The normalized spacial score (nSPS) is 14.2. The molecule has 0 fully saturated rings. The van der Waals surface area contributed by atoms with E-state index in [4.69, 9.17) is 10.8 Å². The smallest absolute Gasteiger partial charge is 0.404 e. The first kappa shape index (κ1) is 15.6. The summed E-state index contributed by atoms with van der Waals surface area (Å²) in [7, 11) is 1.08. The van der Waals surface area contributed by atoms with Gasteiger partial charge in [-0.2, -0.15) is 0 Å². The molecule has 100 valence electrons. The van der Waals surface area contributed by atoms with Crippen LogP contribution in [0.25, 0.3) is 0 Å². The maximum atomic E-state index is 12.7. The number of nitrogens with one attached hydrogen (secondary N) is 1. The Hall–Kier alpha value is -1.44. The Labute approximate surface area is 97.1 Å². The van der Waals surface area contributed by atoms with Crippen molar-refractivity contribution in [2.45, 2.75) is 31.2 Å². The van der Waals surface area contributed by atoms with Gasteiger partial charge in [0.05, 0.1) is 19.1 Å². The molecule has 0 aromatic rings. The number of ether oxygens (including phenoxy) is 1. The van der Waals surface area contributed by atoms with E-state index >= 15 is 0 Å². The Morgan fingerprint density at radius 1 is 1.53 bits per heavy atom. The number of esters is 1. The third kappa shape index (κ3) is 6.00. The molecule has 0 saturated carbocycles. The first-order chi connectivity index (χ1) is 7.81. The number of carboxylic acid groups (broad SMARTS) is 1. The Morgan fingerprint density at radius 2 is 2.12 bits per heavy atom. The van der Waals surface area contributed by atoms with Crippen LogP contribution in [0, 0.1) is 0 Å². The topological polar surface area (TPSA) is 102 Å². The first-order valence-electron chi connectivity index (χ1n) is 4.92. The van der Waals surface area contributed by atoms with Gasteiger partial charge < -0.3 is 20.9 Å². The number of carbonyl (C=O) groups excluding carboxylic acids is 1. The number of carbonyl (C=O) groups is 2. The van der Waals surface area contributed by atoms with E-state index in [0.29, 0.717) is 0 Å². The quantitative estimate of drug-likeness (QED) is 0.455. The van der Waals surface area contributed by atoms with Gasteiger partial charge in [-0.25, -0.2) is 13.6 Å². The molecular weight excluding hydrogens is 238 g/mol. The summed E-state index contributed by atoms with van der Waals surface area (Å²) in [5.41, 5.74) is 3.43. The van der Waals surface area contributed by atoms with Crippen molar-refractivity contribution in [2.24, 2.45) is 5.73 Å². The van der Waals surface area contributed by atoms with Crippen molar-refractivity contribution in [1.29, 1.82) is 0 Å². The number of hydrogen-bond acceptors (Lipinski definition) is 4. The van der Waals surface area contributed by atoms with Crippen LogP contribution in [0.15, 0.2) is 0 Å². The number of rotatable bonds is 7. The summed E-state index contributed by atoms with van der Waals surface area (Å²) < 4.78 is 29.7. The molecule has 6 nitrogen and oxygen atoms in total. The summed E-state index contributed by atoms with van der Waals surface area (Å²) in [5.74, 6) is -0.820. The number of alkyl halides is 2. The second-order valence-electron chi connectivity index (χ2n) is 3.62. The van der Waals surface area contributed by atoms with Crippen molar-refractivity contribution < 1.29 is 28.2 Å². The van der Waals surface area contributed by atoms with Gasteiger partial charge >= 0.3 is 12.1 Å². The third-order valence-electron chi connectivity index (χ3n) is 2.23. The van der Waals surface area contributed by atoms with Crippen LogP contribution in [0.1, 0.15) is 19.3 Å². The summed E-state index contributed by atoms with van der Waals surface area (Å²) in [5, 5.41) is 10.3. The lowest BCUT2D eigenvalue weighted by atomic mass is 9.91. The van der Waals surface area contributed by atoms with Crippen LogP contribution in [-0.4, -0.2) is 42.8 Å². The molecule has 0 bridgehead atoms. The second kappa shape index (κ2) is 7.00. The van der Waals surface area contributed by atoms with Crippen LogP contribution in [0.3, 0.4) is 0 Å². The van der Waals surface area contributed by atoms with Crippen molar-refractivity contribution in [1.82, 2.24) is 5.32 Å². The van der Waals surface area contributed by atoms with E-state index in [1.807, 2.05) is 5.32 Å². The standard InChI is InChI=1S/C9H16F2N2O4/c1-17-6(14)5-9(12,7(10)11)3-2-4-13-8(15)16/h7,13H,2-5,12H2,1H3,(H,15,16). The van der Waals surface area contributed by atoms with Gasteiger partial charge in [0, 0.05) is 6.54 Å². The Bertz CT molecular complexity index is 276. The molecule has 0 radical (unpaired) electrons. The predicted octanol–water partition coefficient (Wildman–Crippen LogP) is 0.560. The maximum absolute atomic E-state index is 12.7. The van der Waals surface area contributed by atoms with Crippen molar-refractivity contribution in [3.8, 4) is 0 Å². The van der Waals surface area contributed by atoms with Gasteiger partial charge in [-0.1, -0.05) is 0 Å². The van der Waals surface area contributed by atoms with Gasteiger partial charge in [0.25, 0.3) is 6.43 Å². The molecule has 0 rings (SSSR count). The number of methoxy groups -OCH3 is 1. The highest BCUT2D eigenvalue weighted by Gasteiger charge is 2.37. The van der Waals surface area contributed by atoms with Crippen LogP contribution >= 0.6 is 0 Å². The molecule has 8 heteroatoms. The lowest BCUT2D eigenvalue weighted by Gasteiger charge is -2.27. The fraction of sp³-hybridized carbons (Fsp3) is 0.778. The summed E-state index contributed by atoms with van der Waals surface area (Å²) in [6, 6.07) is 0. The highest BCUT2D eigenvalue weighted by atomic mass is 19.3. The molecule has 1 unspecified atom stereocenters. The minimum atomic E-state index is -2.88. The van der Waals surface area contributed by atoms with Crippen molar-refractivity contribution in [3.63, 3.8) is 0 Å². The van der Waals surface area contributed by atoms with E-state index in [1.54, 1.807) is 0 Å². The summed E-state index contributed by atoms with van der Waals surface area (Å²) in [6.45, 7) is 0.00216. The molecule has 1 amide bonds. The molecule has 0 spiro atoms. The molecule has 17 heavy (non-hydrogen) atoms. The van der Waals surface area contributed by atoms with Crippen LogP contribution in [-0.2, 0) is 9.53 Å². The Balaban J connectivity index is 4.22. The van der Waals surface area contributed by atoms with Crippen LogP contribution in [0.5, 0.6) is 0 Å². The summed E-state index contributed by atoms with van der Waals surface area (Å²) in [4.78, 5) is 21.0. The second-order valence-corrected chi connectivity index (χ2v) is 3.62. The van der Waals surface area contributed by atoms with Crippen LogP contribution in [0.4, 0.5) is 13.6 Å². The molecule has 0 aromatic carbocycles.